The average Bonchev–Trinajstić information content (AvgIpc) is 2.95. The lowest BCUT2D eigenvalue weighted by atomic mass is 10.1. The molecule has 1 heterocycles. The zero-order chi connectivity index (χ0) is 13.8. The van der Waals surface area contributed by atoms with Gasteiger partial charge in [-0.05, 0) is 35.9 Å². The van der Waals surface area contributed by atoms with E-state index in [0.717, 1.165) is 28.3 Å². The molecule has 3 aromatic rings. The van der Waals surface area contributed by atoms with Gasteiger partial charge in [-0.1, -0.05) is 48.5 Å². The Labute approximate surface area is 118 Å². The molecule has 2 aromatic carbocycles. The normalized spacial score (nSPS) is 11.0. The number of rotatable bonds is 3. The van der Waals surface area contributed by atoms with Crippen LogP contribution in [0.25, 0.3) is 23.5 Å². The first-order valence-corrected chi connectivity index (χ1v) is 6.51. The Kier molecular flexibility index (Phi) is 3.38. The molecule has 0 spiro atoms. The van der Waals surface area contributed by atoms with E-state index in [1.165, 1.54) is 0 Å². The molecule has 0 fully saturated rings. The van der Waals surface area contributed by atoms with Crippen molar-refractivity contribution < 1.29 is 4.42 Å². The van der Waals surface area contributed by atoms with Crippen LogP contribution in [0.4, 0.5) is 5.69 Å². The summed E-state index contributed by atoms with van der Waals surface area (Å²) >= 11 is 0. The molecule has 0 unspecified atom stereocenters. The summed E-state index contributed by atoms with van der Waals surface area (Å²) in [6.07, 6.45) is 3.98. The fraction of sp³-hybridized carbons (Fsp3) is 0. The number of hydrogen-bond acceptors (Lipinski definition) is 2. The standard InChI is InChI=1S/C18H15NO/c19-17-9-5-4-8-16(17)18-13-12-15(20-18)11-10-14-6-2-1-3-7-14/h1-13H,19H2/b11-10+. The summed E-state index contributed by atoms with van der Waals surface area (Å²) in [7, 11) is 0. The lowest BCUT2D eigenvalue weighted by molar-refractivity contribution is 0.572. The predicted octanol–water partition coefficient (Wildman–Crippen LogP) is 4.70. The molecule has 2 heteroatoms. The van der Waals surface area contributed by atoms with Crippen molar-refractivity contribution in [2.24, 2.45) is 0 Å². The second-order valence-electron chi connectivity index (χ2n) is 4.53. The van der Waals surface area contributed by atoms with Gasteiger partial charge < -0.3 is 10.2 Å². The zero-order valence-electron chi connectivity index (χ0n) is 11.0. The number of nitrogen functional groups attached to an aromatic ring is 1. The van der Waals surface area contributed by atoms with E-state index >= 15 is 0 Å². The minimum atomic E-state index is 0.723. The maximum atomic E-state index is 5.95. The Bertz CT molecular complexity index is 726. The summed E-state index contributed by atoms with van der Waals surface area (Å²) in [6, 6.07) is 21.7. The molecule has 0 amide bonds. The van der Waals surface area contributed by atoms with E-state index in [0.29, 0.717) is 0 Å². The highest BCUT2D eigenvalue weighted by Crippen LogP contribution is 2.27. The van der Waals surface area contributed by atoms with Crippen LogP contribution in [0.1, 0.15) is 11.3 Å². The van der Waals surface area contributed by atoms with Gasteiger partial charge in [0.2, 0.25) is 0 Å². The van der Waals surface area contributed by atoms with Crippen molar-refractivity contribution in [3.8, 4) is 11.3 Å². The number of para-hydroxylation sites is 1. The van der Waals surface area contributed by atoms with Crippen molar-refractivity contribution in [2.75, 3.05) is 5.73 Å². The van der Waals surface area contributed by atoms with Gasteiger partial charge in [0.1, 0.15) is 11.5 Å². The molecule has 1 aromatic heterocycles. The average molecular weight is 261 g/mol. The Balaban J connectivity index is 1.85. The number of anilines is 1. The van der Waals surface area contributed by atoms with Gasteiger partial charge in [-0.3, -0.25) is 0 Å². The van der Waals surface area contributed by atoms with Gasteiger partial charge in [-0.25, -0.2) is 0 Å². The summed E-state index contributed by atoms with van der Waals surface area (Å²) in [4.78, 5) is 0. The third-order valence-electron chi connectivity index (χ3n) is 3.09. The van der Waals surface area contributed by atoms with E-state index in [4.69, 9.17) is 10.2 Å². The zero-order valence-corrected chi connectivity index (χ0v) is 11.0. The van der Waals surface area contributed by atoms with Crippen LogP contribution in [0.5, 0.6) is 0 Å². The molecule has 0 saturated carbocycles. The number of benzene rings is 2. The summed E-state index contributed by atoms with van der Waals surface area (Å²) in [5.74, 6) is 1.60. The van der Waals surface area contributed by atoms with Gasteiger partial charge in [-0.15, -0.1) is 0 Å². The lowest BCUT2D eigenvalue weighted by Gasteiger charge is -2.00. The van der Waals surface area contributed by atoms with Crippen LogP contribution in [0.2, 0.25) is 0 Å². The van der Waals surface area contributed by atoms with Crippen molar-refractivity contribution in [3.05, 3.63) is 78.1 Å². The van der Waals surface area contributed by atoms with Crippen LogP contribution in [0.15, 0.2) is 71.1 Å². The summed E-state index contributed by atoms with van der Waals surface area (Å²) < 4.78 is 5.81. The minimum absolute atomic E-state index is 0.723. The molecule has 2 N–H and O–H groups in total. The summed E-state index contributed by atoms with van der Waals surface area (Å²) in [6.45, 7) is 0. The molecule has 2 nitrogen and oxygen atoms in total. The van der Waals surface area contributed by atoms with Crippen LogP contribution in [-0.2, 0) is 0 Å². The SMILES string of the molecule is Nc1ccccc1-c1ccc(/C=C/c2ccccc2)o1. The van der Waals surface area contributed by atoms with E-state index in [1.807, 2.05) is 66.7 Å². The molecule has 0 aliphatic rings. The van der Waals surface area contributed by atoms with Gasteiger partial charge in [-0.2, -0.15) is 0 Å². The molecule has 0 aliphatic heterocycles. The van der Waals surface area contributed by atoms with Crippen molar-refractivity contribution in [2.45, 2.75) is 0 Å². The van der Waals surface area contributed by atoms with Crippen LogP contribution >= 0.6 is 0 Å². The second-order valence-corrected chi connectivity index (χ2v) is 4.53. The van der Waals surface area contributed by atoms with Gasteiger partial charge >= 0.3 is 0 Å². The van der Waals surface area contributed by atoms with Gasteiger partial charge in [0.25, 0.3) is 0 Å². The highest BCUT2D eigenvalue weighted by molar-refractivity contribution is 5.74. The largest absolute Gasteiger partial charge is 0.457 e. The molecule has 0 radical (unpaired) electrons. The van der Waals surface area contributed by atoms with E-state index in [2.05, 4.69) is 12.1 Å². The predicted molar refractivity (Wildman–Crippen MR) is 83.9 cm³/mol. The van der Waals surface area contributed by atoms with Crippen molar-refractivity contribution >= 4 is 17.8 Å². The Morgan fingerprint density at radius 1 is 0.750 bits per heavy atom. The summed E-state index contributed by atoms with van der Waals surface area (Å²) in [5, 5.41) is 0. The first-order valence-electron chi connectivity index (χ1n) is 6.51. The summed E-state index contributed by atoms with van der Waals surface area (Å²) in [5.41, 5.74) is 8.74. The van der Waals surface area contributed by atoms with Crippen molar-refractivity contribution in [1.29, 1.82) is 0 Å². The fourth-order valence-corrected chi connectivity index (χ4v) is 2.05. The molecule has 0 atom stereocenters. The maximum absolute atomic E-state index is 5.95. The molecule has 20 heavy (non-hydrogen) atoms. The molecule has 3 rings (SSSR count). The Hall–Kier alpha value is -2.74. The smallest absolute Gasteiger partial charge is 0.136 e. The number of nitrogens with two attached hydrogens (primary N) is 1. The molecule has 0 aliphatic carbocycles. The number of hydrogen-bond donors (Lipinski definition) is 1. The topological polar surface area (TPSA) is 39.2 Å². The van der Waals surface area contributed by atoms with Crippen LogP contribution in [-0.4, -0.2) is 0 Å². The van der Waals surface area contributed by atoms with E-state index < -0.39 is 0 Å². The molecule has 98 valence electrons. The molecule has 0 bridgehead atoms. The first-order chi connectivity index (χ1) is 9.83. The van der Waals surface area contributed by atoms with E-state index in [-0.39, 0.29) is 0 Å². The lowest BCUT2D eigenvalue weighted by Crippen LogP contribution is -1.87. The fourth-order valence-electron chi connectivity index (χ4n) is 2.05. The highest BCUT2D eigenvalue weighted by atomic mass is 16.3. The van der Waals surface area contributed by atoms with Crippen molar-refractivity contribution in [3.63, 3.8) is 0 Å². The molecular formula is C18H15NO. The van der Waals surface area contributed by atoms with Crippen LogP contribution in [0, 0.1) is 0 Å². The van der Waals surface area contributed by atoms with Crippen LogP contribution in [0.3, 0.4) is 0 Å². The molecular weight excluding hydrogens is 246 g/mol. The van der Waals surface area contributed by atoms with Crippen LogP contribution < -0.4 is 5.73 Å². The van der Waals surface area contributed by atoms with Gasteiger partial charge in [0.15, 0.2) is 0 Å². The highest BCUT2D eigenvalue weighted by Gasteiger charge is 2.05. The van der Waals surface area contributed by atoms with Crippen molar-refractivity contribution in [1.82, 2.24) is 0 Å². The monoisotopic (exact) mass is 261 g/mol. The van der Waals surface area contributed by atoms with Gasteiger partial charge in [0.05, 0.1) is 0 Å². The third-order valence-corrected chi connectivity index (χ3v) is 3.09. The third kappa shape index (κ3) is 2.64. The number of furan rings is 1. The Morgan fingerprint density at radius 3 is 2.30 bits per heavy atom. The first kappa shape index (κ1) is 12.3. The maximum Gasteiger partial charge on any atom is 0.136 e. The van der Waals surface area contributed by atoms with E-state index in [1.54, 1.807) is 0 Å². The second kappa shape index (κ2) is 5.49. The minimum Gasteiger partial charge on any atom is -0.457 e. The quantitative estimate of drug-likeness (QED) is 0.694. The Morgan fingerprint density at radius 2 is 1.50 bits per heavy atom. The van der Waals surface area contributed by atoms with Gasteiger partial charge in [0, 0.05) is 11.3 Å². The van der Waals surface area contributed by atoms with E-state index in [9.17, 15) is 0 Å². The molecule has 0 saturated heterocycles.